The van der Waals surface area contributed by atoms with Crippen molar-refractivity contribution < 1.29 is 19.1 Å². The molecule has 164 valence electrons. The van der Waals surface area contributed by atoms with E-state index in [1.807, 2.05) is 39.8 Å². The Balaban J connectivity index is 1.74. The summed E-state index contributed by atoms with van der Waals surface area (Å²) in [5.41, 5.74) is 3.03. The number of carbonyl (C=O) groups is 2. The molecule has 1 N–H and O–H groups in total. The summed E-state index contributed by atoms with van der Waals surface area (Å²) in [4.78, 5) is 26.8. The van der Waals surface area contributed by atoms with Gasteiger partial charge in [-0.25, -0.2) is 0 Å². The van der Waals surface area contributed by atoms with Crippen LogP contribution in [0.1, 0.15) is 49.2 Å². The van der Waals surface area contributed by atoms with Gasteiger partial charge < -0.3 is 19.7 Å². The maximum Gasteiger partial charge on any atom is 0.253 e. The standard InChI is InChI=1S/C25H30N2O4/c1-5-27(6-2)25(29)19-9-8-10-21(14-19)26-24(28)12-11-18-15-23-20(13-17(4)31-23)16-22(18)30-7-3/h8-12,14-17H,5-7,13H2,1-4H3,(H,26,28)/b12-11+. The number of anilines is 1. The monoisotopic (exact) mass is 422 g/mol. The van der Waals surface area contributed by atoms with Crippen LogP contribution in [0.25, 0.3) is 6.08 Å². The minimum absolute atomic E-state index is 0.0506. The van der Waals surface area contributed by atoms with E-state index in [-0.39, 0.29) is 17.9 Å². The summed E-state index contributed by atoms with van der Waals surface area (Å²) in [5, 5.41) is 2.82. The molecule has 0 saturated heterocycles. The Hall–Kier alpha value is -3.28. The Morgan fingerprint density at radius 2 is 1.97 bits per heavy atom. The Labute approximate surface area is 183 Å². The highest BCUT2D eigenvalue weighted by molar-refractivity contribution is 6.03. The van der Waals surface area contributed by atoms with E-state index in [9.17, 15) is 9.59 Å². The van der Waals surface area contributed by atoms with Crippen LogP contribution in [0.2, 0.25) is 0 Å². The SMILES string of the molecule is CCOc1cc2c(cc1/C=C/C(=O)Nc1cccc(C(=O)N(CC)CC)c1)OC(C)C2. The summed E-state index contributed by atoms with van der Waals surface area (Å²) in [6.45, 7) is 9.66. The van der Waals surface area contributed by atoms with Crippen molar-refractivity contribution in [2.45, 2.75) is 40.2 Å². The third kappa shape index (κ3) is 5.45. The molecule has 2 aromatic carbocycles. The van der Waals surface area contributed by atoms with Crippen molar-refractivity contribution in [3.63, 3.8) is 0 Å². The fourth-order valence-electron chi connectivity index (χ4n) is 3.64. The predicted molar refractivity (Wildman–Crippen MR) is 123 cm³/mol. The molecule has 2 aromatic rings. The molecular formula is C25H30N2O4. The average molecular weight is 423 g/mol. The van der Waals surface area contributed by atoms with Gasteiger partial charge >= 0.3 is 0 Å². The zero-order chi connectivity index (χ0) is 22.4. The largest absolute Gasteiger partial charge is 0.493 e. The zero-order valence-electron chi connectivity index (χ0n) is 18.6. The summed E-state index contributed by atoms with van der Waals surface area (Å²) in [7, 11) is 0. The van der Waals surface area contributed by atoms with E-state index in [4.69, 9.17) is 9.47 Å². The number of fused-ring (bicyclic) bond motifs is 1. The zero-order valence-corrected chi connectivity index (χ0v) is 18.6. The number of ether oxygens (including phenoxy) is 2. The van der Waals surface area contributed by atoms with Crippen molar-refractivity contribution in [3.05, 3.63) is 59.2 Å². The number of amides is 2. The molecule has 3 rings (SSSR count). The lowest BCUT2D eigenvalue weighted by Crippen LogP contribution is -2.30. The molecule has 2 amide bonds. The van der Waals surface area contributed by atoms with E-state index in [0.29, 0.717) is 30.9 Å². The molecule has 0 saturated carbocycles. The molecule has 0 aromatic heterocycles. The first-order chi connectivity index (χ1) is 14.9. The molecule has 1 heterocycles. The number of benzene rings is 2. The molecule has 1 unspecified atom stereocenters. The molecule has 6 nitrogen and oxygen atoms in total. The summed E-state index contributed by atoms with van der Waals surface area (Å²) in [6.07, 6.45) is 4.17. The number of hydrogen-bond donors (Lipinski definition) is 1. The van der Waals surface area contributed by atoms with Gasteiger partial charge in [-0.2, -0.15) is 0 Å². The first kappa shape index (κ1) is 22.4. The molecule has 1 aliphatic heterocycles. The third-order valence-electron chi connectivity index (χ3n) is 5.17. The smallest absolute Gasteiger partial charge is 0.253 e. The van der Waals surface area contributed by atoms with E-state index in [2.05, 4.69) is 5.32 Å². The molecule has 31 heavy (non-hydrogen) atoms. The Morgan fingerprint density at radius 3 is 2.68 bits per heavy atom. The first-order valence-corrected chi connectivity index (χ1v) is 10.8. The Bertz CT molecular complexity index is 979. The van der Waals surface area contributed by atoms with Gasteiger partial charge in [-0.15, -0.1) is 0 Å². The van der Waals surface area contributed by atoms with Gasteiger partial charge in [0.15, 0.2) is 0 Å². The highest BCUT2D eigenvalue weighted by Crippen LogP contribution is 2.35. The number of nitrogens with zero attached hydrogens (tertiary/aromatic N) is 1. The van der Waals surface area contributed by atoms with Crippen LogP contribution in [0.5, 0.6) is 11.5 Å². The lowest BCUT2D eigenvalue weighted by atomic mass is 10.1. The minimum atomic E-state index is -0.287. The highest BCUT2D eigenvalue weighted by atomic mass is 16.5. The van der Waals surface area contributed by atoms with Crippen molar-refractivity contribution in [1.29, 1.82) is 0 Å². The second kappa shape index (κ2) is 10.2. The van der Waals surface area contributed by atoms with Crippen LogP contribution in [0.4, 0.5) is 5.69 Å². The maximum atomic E-state index is 12.5. The van der Waals surface area contributed by atoms with E-state index >= 15 is 0 Å². The quantitative estimate of drug-likeness (QED) is 0.634. The van der Waals surface area contributed by atoms with Gasteiger partial charge in [0.1, 0.15) is 17.6 Å². The van der Waals surface area contributed by atoms with Crippen molar-refractivity contribution in [2.24, 2.45) is 0 Å². The molecule has 0 spiro atoms. The van der Waals surface area contributed by atoms with Crippen molar-refractivity contribution in [3.8, 4) is 11.5 Å². The summed E-state index contributed by atoms with van der Waals surface area (Å²) >= 11 is 0. The summed E-state index contributed by atoms with van der Waals surface area (Å²) < 4.78 is 11.6. The number of rotatable bonds is 8. The molecule has 1 aliphatic rings. The van der Waals surface area contributed by atoms with Crippen LogP contribution < -0.4 is 14.8 Å². The predicted octanol–water partition coefficient (Wildman–Crippen LogP) is 4.54. The van der Waals surface area contributed by atoms with Gasteiger partial charge in [-0.1, -0.05) is 6.07 Å². The van der Waals surface area contributed by atoms with Crippen molar-refractivity contribution in [2.75, 3.05) is 25.0 Å². The fourth-order valence-corrected chi connectivity index (χ4v) is 3.64. The van der Waals surface area contributed by atoms with Gasteiger partial charge in [-0.05, 0) is 64.1 Å². The van der Waals surface area contributed by atoms with Crippen LogP contribution in [0, 0.1) is 0 Å². The van der Waals surface area contributed by atoms with Gasteiger partial charge in [-0.3, -0.25) is 9.59 Å². The highest BCUT2D eigenvalue weighted by Gasteiger charge is 2.21. The molecule has 0 radical (unpaired) electrons. The molecule has 1 atom stereocenters. The number of nitrogens with one attached hydrogen (secondary N) is 1. The van der Waals surface area contributed by atoms with Crippen LogP contribution in [0.3, 0.4) is 0 Å². The average Bonchev–Trinajstić information content (AvgIpc) is 3.12. The van der Waals surface area contributed by atoms with E-state index < -0.39 is 0 Å². The fraction of sp³-hybridized carbons (Fsp3) is 0.360. The van der Waals surface area contributed by atoms with Crippen LogP contribution >= 0.6 is 0 Å². The second-order valence-corrected chi connectivity index (χ2v) is 7.44. The molecule has 0 aliphatic carbocycles. The van der Waals surface area contributed by atoms with Crippen LogP contribution in [-0.4, -0.2) is 42.5 Å². The first-order valence-electron chi connectivity index (χ1n) is 10.8. The topological polar surface area (TPSA) is 67.9 Å². The Kier molecular flexibility index (Phi) is 7.34. The van der Waals surface area contributed by atoms with E-state index in [0.717, 1.165) is 29.0 Å². The third-order valence-corrected chi connectivity index (χ3v) is 5.17. The van der Waals surface area contributed by atoms with Crippen LogP contribution in [-0.2, 0) is 11.2 Å². The van der Waals surface area contributed by atoms with Gasteiger partial charge in [0.2, 0.25) is 5.91 Å². The summed E-state index contributed by atoms with van der Waals surface area (Å²) in [5.74, 6) is 1.23. The normalized spacial score (nSPS) is 14.8. The minimum Gasteiger partial charge on any atom is -0.493 e. The van der Waals surface area contributed by atoms with Crippen molar-refractivity contribution in [1.82, 2.24) is 4.90 Å². The van der Waals surface area contributed by atoms with Crippen molar-refractivity contribution >= 4 is 23.6 Å². The number of hydrogen-bond acceptors (Lipinski definition) is 4. The lowest BCUT2D eigenvalue weighted by molar-refractivity contribution is -0.111. The summed E-state index contributed by atoms with van der Waals surface area (Å²) in [6, 6.07) is 10.9. The maximum absolute atomic E-state index is 12.5. The molecule has 0 fully saturated rings. The van der Waals surface area contributed by atoms with Gasteiger partial charge in [0, 0.05) is 48.0 Å². The second-order valence-electron chi connectivity index (χ2n) is 7.44. The molecule has 0 bridgehead atoms. The number of carbonyl (C=O) groups excluding carboxylic acids is 2. The van der Waals surface area contributed by atoms with E-state index in [1.165, 1.54) is 6.08 Å². The molecular weight excluding hydrogens is 392 g/mol. The lowest BCUT2D eigenvalue weighted by Gasteiger charge is -2.18. The van der Waals surface area contributed by atoms with Gasteiger partial charge in [0.25, 0.3) is 5.91 Å². The Morgan fingerprint density at radius 1 is 1.19 bits per heavy atom. The van der Waals surface area contributed by atoms with Crippen LogP contribution in [0.15, 0.2) is 42.5 Å². The van der Waals surface area contributed by atoms with Gasteiger partial charge in [0.05, 0.1) is 6.61 Å². The van der Waals surface area contributed by atoms with E-state index in [1.54, 1.807) is 35.2 Å². The molecule has 6 heteroatoms.